The summed E-state index contributed by atoms with van der Waals surface area (Å²) < 4.78 is 0. The van der Waals surface area contributed by atoms with Gasteiger partial charge in [0.15, 0.2) is 0 Å². The Balaban J connectivity index is 1.40. The average molecular weight is 507 g/mol. The van der Waals surface area contributed by atoms with E-state index in [9.17, 15) is 0 Å². The van der Waals surface area contributed by atoms with Crippen LogP contribution in [0.1, 0.15) is 0 Å². The van der Waals surface area contributed by atoms with Crippen LogP contribution in [0.4, 0.5) is 0 Å². The number of rotatable bonds is 3. The van der Waals surface area contributed by atoms with Crippen molar-refractivity contribution in [3.63, 3.8) is 0 Å². The van der Waals surface area contributed by atoms with Crippen LogP contribution in [0, 0.1) is 0 Å². The highest BCUT2D eigenvalue weighted by molar-refractivity contribution is 6.22. The van der Waals surface area contributed by atoms with E-state index < -0.39 is 0 Å². The molecule has 0 spiro atoms. The van der Waals surface area contributed by atoms with Crippen molar-refractivity contribution in [3.05, 3.63) is 158 Å². The van der Waals surface area contributed by atoms with E-state index >= 15 is 0 Å². The van der Waals surface area contributed by atoms with Gasteiger partial charge in [0.25, 0.3) is 0 Å². The number of hydrogen-bond donors (Lipinski definition) is 0. The van der Waals surface area contributed by atoms with Gasteiger partial charge in [0, 0.05) is 0 Å². The van der Waals surface area contributed by atoms with E-state index in [1.807, 2.05) is 0 Å². The summed E-state index contributed by atoms with van der Waals surface area (Å²) in [6.45, 7) is 0. The Kier molecular flexibility index (Phi) is 5.24. The monoisotopic (exact) mass is 506 g/mol. The third-order valence-electron chi connectivity index (χ3n) is 8.25. The molecule has 0 heteroatoms. The van der Waals surface area contributed by atoms with E-state index in [0.29, 0.717) is 0 Å². The predicted molar refractivity (Wildman–Crippen MR) is 173 cm³/mol. The molecular formula is C40H26. The molecule has 0 radical (unpaired) electrons. The summed E-state index contributed by atoms with van der Waals surface area (Å²) in [4.78, 5) is 0. The smallest absolute Gasteiger partial charge is 0.00261 e. The Labute approximate surface area is 233 Å². The van der Waals surface area contributed by atoms with Crippen LogP contribution in [0.5, 0.6) is 0 Å². The zero-order chi connectivity index (χ0) is 26.5. The Morgan fingerprint density at radius 3 is 1.25 bits per heavy atom. The second-order valence-corrected chi connectivity index (χ2v) is 10.5. The second kappa shape index (κ2) is 9.22. The molecule has 0 unspecified atom stereocenters. The third kappa shape index (κ3) is 3.61. The van der Waals surface area contributed by atoms with Crippen molar-refractivity contribution in [1.82, 2.24) is 0 Å². The first-order chi connectivity index (χ1) is 19.8. The van der Waals surface area contributed by atoms with Crippen LogP contribution in [-0.4, -0.2) is 0 Å². The molecular weight excluding hydrogens is 480 g/mol. The van der Waals surface area contributed by atoms with Crippen molar-refractivity contribution in [2.45, 2.75) is 0 Å². The molecule has 0 aliphatic heterocycles. The van der Waals surface area contributed by atoms with Gasteiger partial charge in [-0.05, 0) is 82.5 Å². The molecule has 8 rings (SSSR count). The fourth-order valence-corrected chi connectivity index (χ4v) is 6.37. The molecule has 0 aliphatic carbocycles. The molecule has 186 valence electrons. The van der Waals surface area contributed by atoms with Gasteiger partial charge in [-0.2, -0.15) is 0 Å². The zero-order valence-corrected chi connectivity index (χ0v) is 22.0. The molecule has 8 aromatic rings. The maximum Gasteiger partial charge on any atom is -0.00261 e. The lowest BCUT2D eigenvalue weighted by atomic mass is 9.85. The van der Waals surface area contributed by atoms with Gasteiger partial charge in [0.05, 0.1) is 0 Å². The molecule has 0 bridgehead atoms. The van der Waals surface area contributed by atoms with Gasteiger partial charge in [0.1, 0.15) is 0 Å². The van der Waals surface area contributed by atoms with Crippen LogP contribution in [0.25, 0.3) is 76.5 Å². The Hall–Kier alpha value is -5.20. The minimum atomic E-state index is 1.23. The molecule has 0 aliphatic rings. The SMILES string of the molecule is c1ccc(-c2ccc(-c3c4ccccc4c(-c4ccc5ccc6ccccc6c5c4)c4ccccc34)cc2)cc1. The minimum Gasteiger partial charge on any atom is -0.0622 e. The third-order valence-corrected chi connectivity index (χ3v) is 8.25. The number of benzene rings is 8. The van der Waals surface area contributed by atoms with Gasteiger partial charge < -0.3 is 0 Å². The van der Waals surface area contributed by atoms with Crippen LogP contribution >= 0.6 is 0 Å². The summed E-state index contributed by atoms with van der Waals surface area (Å²) >= 11 is 0. The van der Waals surface area contributed by atoms with E-state index in [2.05, 4.69) is 158 Å². The first-order valence-corrected chi connectivity index (χ1v) is 13.9. The number of hydrogen-bond acceptors (Lipinski definition) is 0. The highest BCUT2D eigenvalue weighted by atomic mass is 14.2. The van der Waals surface area contributed by atoms with E-state index in [-0.39, 0.29) is 0 Å². The molecule has 0 nitrogen and oxygen atoms in total. The van der Waals surface area contributed by atoms with Gasteiger partial charge in [-0.15, -0.1) is 0 Å². The van der Waals surface area contributed by atoms with Gasteiger partial charge in [-0.1, -0.05) is 152 Å². The van der Waals surface area contributed by atoms with Crippen LogP contribution < -0.4 is 0 Å². The second-order valence-electron chi connectivity index (χ2n) is 10.5. The summed E-state index contributed by atoms with van der Waals surface area (Å²) in [6, 6.07) is 57.5. The molecule has 0 saturated heterocycles. The average Bonchev–Trinajstić information content (AvgIpc) is 3.04. The van der Waals surface area contributed by atoms with Crippen molar-refractivity contribution in [3.8, 4) is 33.4 Å². The van der Waals surface area contributed by atoms with Crippen LogP contribution in [0.3, 0.4) is 0 Å². The van der Waals surface area contributed by atoms with Crippen molar-refractivity contribution in [2.24, 2.45) is 0 Å². The topological polar surface area (TPSA) is 0 Å². The van der Waals surface area contributed by atoms with Crippen molar-refractivity contribution >= 4 is 43.1 Å². The van der Waals surface area contributed by atoms with Crippen LogP contribution in [-0.2, 0) is 0 Å². The highest BCUT2D eigenvalue weighted by Gasteiger charge is 2.17. The van der Waals surface area contributed by atoms with Crippen LogP contribution in [0.2, 0.25) is 0 Å². The summed E-state index contributed by atoms with van der Waals surface area (Å²) in [5, 5.41) is 10.3. The van der Waals surface area contributed by atoms with E-state index in [0.717, 1.165) is 0 Å². The summed E-state index contributed by atoms with van der Waals surface area (Å²) in [6.07, 6.45) is 0. The van der Waals surface area contributed by atoms with Gasteiger partial charge in [-0.3, -0.25) is 0 Å². The molecule has 0 N–H and O–H groups in total. The minimum absolute atomic E-state index is 1.23. The molecule has 0 saturated carbocycles. The molecule has 0 aromatic heterocycles. The highest BCUT2D eigenvalue weighted by Crippen LogP contribution is 2.44. The van der Waals surface area contributed by atoms with Crippen LogP contribution in [0.15, 0.2) is 158 Å². The van der Waals surface area contributed by atoms with Gasteiger partial charge in [-0.25, -0.2) is 0 Å². The summed E-state index contributed by atoms with van der Waals surface area (Å²) in [5.41, 5.74) is 7.55. The van der Waals surface area contributed by atoms with Crippen molar-refractivity contribution in [2.75, 3.05) is 0 Å². The fourth-order valence-electron chi connectivity index (χ4n) is 6.37. The van der Waals surface area contributed by atoms with Gasteiger partial charge in [0.2, 0.25) is 0 Å². The lowest BCUT2D eigenvalue weighted by Gasteiger charge is -2.18. The lowest BCUT2D eigenvalue weighted by Crippen LogP contribution is -1.91. The van der Waals surface area contributed by atoms with Crippen molar-refractivity contribution < 1.29 is 0 Å². The lowest BCUT2D eigenvalue weighted by molar-refractivity contribution is 1.61. The van der Waals surface area contributed by atoms with E-state index in [1.165, 1.54) is 76.5 Å². The maximum atomic E-state index is 2.39. The quantitative estimate of drug-likeness (QED) is 0.165. The summed E-state index contributed by atoms with van der Waals surface area (Å²) in [7, 11) is 0. The standard InChI is InChI=1S/C40H26/c1-2-10-27(11-3-1)28-18-23-31(24-19-28)39-34-14-6-8-16-36(34)40(37-17-9-7-15-35(37)39)32-25-22-30-21-20-29-12-4-5-13-33(29)38(30)26-32/h1-26H. The largest absolute Gasteiger partial charge is 0.0622 e. The molecule has 0 atom stereocenters. The van der Waals surface area contributed by atoms with E-state index in [4.69, 9.17) is 0 Å². The Morgan fingerprint density at radius 1 is 0.225 bits per heavy atom. The summed E-state index contributed by atoms with van der Waals surface area (Å²) in [5.74, 6) is 0. The molecule has 0 amide bonds. The first kappa shape index (κ1) is 22.8. The predicted octanol–water partition coefficient (Wildman–Crippen LogP) is 11.3. The zero-order valence-electron chi connectivity index (χ0n) is 22.0. The molecule has 0 fully saturated rings. The fraction of sp³-hybridized carbons (Fsp3) is 0. The number of fused-ring (bicyclic) bond motifs is 5. The van der Waals surface area contributed by atoms with Crippen molar-refractivity contribution in [1.29, 1.82) is 0 Å². The van der Waals surface area contributed by atoms with Gasteiger partial charge >= 0.3 is 0 Å². The van der Waals surface area contributed by atoms with E-state index in [1.54, 1.807) is 0 Å². The first-order valence-electron chi connectivity index (χ1n) is 13.9. The normalized spacial score (nSPS) is 11.5. The Bertz CT molecular complexity index is 2130. The molecule has 8 aromatic carbocycles. The maximum absolute atomic E-state index is 2.39. The molecule has 0 heterocycles. The Morgan fingerprint density at radius 2 is 0.625 bits per heavy atom. The molecule has 40 heavy (non-hydrogen) atoms.